The number of nitrogens with zero attached hydrogens (tertiary/aromatic N) is 3. The third kappa shape index (κ3) is 3.50. The zero-order valence-electron chi connectivity index (χ0n) is 14.7. The second-order valence-electron chi connectivity index (χ2n) is 6.49. The Morgan fingerprint density at radius 1 is 1.00 bits per heavy atom. The Labute approximate surface area is 149 Å². The van der Waals surface area contributed by atoms with Crippen molar-refractivity contribution in [1.82, 2.24) is 9.21 Å². The Morgan fingerprint density at radius 3 is 2.28 bits per heavy atom. The molecule has 136 valence electrons. The minimum absolute atomic E-state index is 0.101. The van der Waals surface area contributed by atoms with Crippen LogP contribution in [0.1, 0.15) is 0 Å². The maximum absolute atomic E-state index is 13.2. The average molecular weight is 363 g/mol. The normalized spacial score (nSPS) is 17.1. The molecule has 2 aromatic rings. The number of piperazine rings is 1. The van der Waals surface area contributed by atoms with Crippen LogP contribution in [0.2, 0.25) is 0 Å². The largest absolute Gasteiger partial charge is 0.395 e. The number of rotatable bonds is 5. The monoisotopic (exact) mass is 363 g/mol. The lowest BCUT2D eigenvalue weighted by molar-refractivity contribution is 0.151. The van der Waals surface area contributed by atoms with Gasteiger partial charge in [0.25, 0.3) is 0 Å². The summed E-state index contributed by atoms with van der Waals surface area (Å²) in [5.74, 6) is 0. The Morgan fingerprint density at radius 2 is 1.64 bits per heavy atom. The van der Waals surface area contributed by atoms with Crippen molar-refractivity contribution in [2.24, 2.45) is 0 Å². The Bertz CT molecular complexity index is 844. The van der Waals surface area contributed by atoms with Gasteiger partial charge in [0.1, 0.15) is 0 Å². The Balaban J connectivity index is 1.97. The number of hydrogen-bond acceptors (Lipinski definition) is 5. The average Bonchev–Trinajstić information content (AvgIpc) is 2.61. The molecule has 0 atom stereocenters. The van der Waals surface area contributed by atoms with Gasteiger partial charge in [0.2, 0.25) is 10.0 Å². The van der Waals surface area contributed by atoms with Crippen molar-refractivity contribution < 1.29 is 13.5 Å². The fourth-order valence-corrected chi connectivity index (χ4v) is 4.98. The molecule has 0 aromatic heterocycles. The van der Waals surface area contributed by atoms with Gasteiger partial charge in [0.15, 0.2) is 0 Å². The Hall–Kier alpha value is -1.67. The van der Waals surface area contributed by atoms with Crippen LogP contribution >= 0.6 is 0 Å². The maximum atomic E-state index is 13.2. The molecule has 0 unspecified atom stereocenters. The lowest BCUT2D eigenvalue weighted by atomic mass is 10.1. The SMILES string of the molecule is CN(C)c1cccc2c(S(=O)(=O)N3CCN(CCO)CC3)cccc12. The van der Waals surface area contributed by atoms with E-state index in [9.17, 15) is 8.42 Å². The van der Waals surface area contributed by atoms with E-state index in [1.807, 2.05) is 49.3 Å². The molecule has 0 spiro atoms. The van der Waals surface area contributed by atoms with Crippen LogP contribution in [0.3, 0.4) is 0 Å². The van der Waals surface area contributed by atoms with Gasteiger partial charge in [0.05, 0.1) is 11.5 Å². The predicted octanol–water partition coefficient (Wildman–Crippen LogP) is 1.20. The molecule has 0 saturated carbocycles. The second-order valence-corrected chi connectivity index (χ2v) is 8.40. The van der Waals surface area contributed by atoms with Crippen molar-refractivity contribution in [3.05, 3.63) is 36.4 Å². The van der Waals surface area contributed by atoms with Gasteiger partial charge in [-0.2, -0.15) is 4.31 Å². The summed E-state index contributed by atoms with van der Waals surface area (Å²) in [5.41, 5.74) is 1.00. The van der Waals surface area contributed by atoms with Crippen LogP contribution < -0.4 is 4.90 Å². The van der Waals surface area contributed by atoms with E-state index in [0.29, 0.717) is 37.6 Å². The molecule has 7 heteroatoms. The second kappa shape index (κ2) is 7.29. The van der Waals surface area contributed by atoms with E-state index in [4.69, 9.17) is 5.11 Å². The molecule has 0 aliphatic carbocycles. The number of benzene rings is 2. The molecule has 1 heterocycles. The van der Waals surface area contributed by atoms with E-state index >= 15 is 0 Å². The molecule has 1 aliphatic rings. The lowest BCUT2D eigenvalue weighted by Gasteiger charge is -2.33. The summed E-state index contributed by atoms with van der Waals surface area (Å²) in [7, 11) is 0.366. The van der Waals surface area contributed by atoms with Crippen molar-refractivity contribution in [2.45, 2.75) is 4.90 Å². The summed E-state index contributed by atoms with van der Waals surface area (Å²) in [6.45, 7) is 2.89. The number of sulfonamides is 1. The van der Waals surface area contributed by atoms with Gasteiger partial charge in [0, 0.05) is 63.3 Å². The molecule has 1 aliphatic heterocycles. The highest BCUT2D eigenvalue weighted by atomic mass is 32.2. The summed E-state index contributed by atoms with van der Waals surface area (Å²) < 4.78 is 27.9. The molecule has 0 amide bonds. The topological polar surface area (TPSA) is 64.1 Å². The number of aliphatic hydroxyl groups is 1. The minimum Gasteiger partial charge on any atom is -0.395 e. The molecule has 25 heavy (non-hydrogen) atoms. The predicted molar refractivity (Wildman–Crippen MR) is 101 cm³/mol. The van der Waals surface area contributed by atoms with E-state index < -0.39 is 10.0 Å². The van der Waals surface area contributed by atoms with Crippen molar-refractivity contribution >= 4 is 26.5 Å². The van der Waals surface area contributed by atoms with Gasteiger partial charge in [-0.25, -0.2) is 8.42 Å². The van der Waals surface area contributed by atoms with Crippen molar-refractivity contribution in [1.29, 1.82) is 0 Å². The van der Waals surface area contributed by atoms with Crippen LogP contribution in [0.25, 0.3) is 10.8 Å². The van der Waals surface area contributed by atoms with Gasteiger partial charge < -0.3 is 10.0 Å². The van der Waals surface area contributed by atoms with E-state index in [1.54, 1.807) is 10.4 Å². The molecule has 2 aromatic carbocycles. The smallest absolute Gasteiger partial charge is 0.243 e. The summed E-state index contributed by atoms with van der Waals surface area (Å²) in [5, 5.41) is 10.7. The highest BCUT2D eigenvalue weighted by Crippen LogP contribution is 2.31. The van der Waals surface area contributed by atoms with E-state index in [-0.39, 0.29) is 6.61 Å². The summed E-state index contributed by atoms with van der Waals surface area (Å²) >= 11 is 0. The lowest BCUT2D eigenvalue weighted by Crippen LogP contribution is -2.49. The van der Waals surface area contributed by atoms with Gasteiger partial charge in [-0.05, 0) is 12.1 Å². The number of hydrogen-bond donors (Lipinski definition) is 1. The summed E-state index contributed by atoms with van der Waals surface area (Å²) in [6, 6.07) is 11.2. The van der Waals surface area contributed by atoms with Crippen LogP contribution in [0.15, 0.2) is 41.3 Å². The van der Waals surface area contributed by atoms with Gasteiger partial charge in [-0.1, -0.05) is 24.3 Å². The van der Waals surface area contributed by atoms with Crippen molar-refractivity contribution in [3.63, 3.8) is 0 Å². The first-order valence-corrected chi connectivity index (χ1v) is 9.91. The van der Waals surface area contributed by atoms with Crippen molar-refractivity contribution in [2.75, 3.05) is 58.3 Å². The fourth-order valence-electron chi connectivity index (χ4n) is 3.35. The van der Waals surface area contributed by atoms with Crippen LogP contribution in [-0.4, -0.2) is 76.2 Å². The molecule has 0 radical (unpaired) electrons. The molecule has 6 nitrogen and oxygen atoms in total. The molecule has 1 fully saturated rings. The van der Waals surface area contributed by atoms with E-state index in [1.165, 1.54) is 0 Å². The van der Waals surface area contributed by atoms with Crippen LogP contribution in [0.4, 0.5) is 5.69 Å². The fraction of sp³-hybridized carbons (Fsp3) is 0.444. The summed E-state index contributed by atoms with van der Waals surface area (Å²) in [4.78, 5) is 4.44. The first-order chi connectivity index (χ1) is 11.9. The van der Waals surface area contributed by atoms with E-state index in [2.05, 4.69) is 4.90 Å². The third-order valence-corrected chi connectivity index (χ3v) is 6.66. The highest BCUT2D eigenvalue weighted by molar-refractivity contribution is 7.89. The molecule has 1 N–H and O–H groups in total. The molecule has 0 bridgehead atoms. The van der Waals surface area contributed by atoms with Gasteiger partial charge >= 0.3 is 0 Å². The van der Waals surface area contributed by atoms with Crippen LogP contribution in [-0.2, 0) is 10.0 Å². The zero-order chi connectivity index (χ0) is 18.0. The first-order valence-electron chi connectivity index (χ1n) is 8.47. The molecule has 1 saturated heterocycles. The number of aliphatic hydroxyl groups excluding tert-OH is 1. The summed E-state index contributed by atoms with van der Waals surface area (Å²) in [6.07, 6.45) is 0. The third-order valence-electron chi connectivity index (χ3n) is 4.71. The zero-order valence-corrected chi connectivity index (χ0v) is 15.5. The first kappa shape index (κ1) is 18.1. The minimum atomic E-state index is -3.54. The standard InChI is InChI=1S/C18H25N3O3S/c1-19(2)17-7-3-6-16-15(17)5-4-8-18(16)25(23,24)21-11-9-20(10-12-21)13-14-22/h3-8,22H,9-14H2,1-2H3. The number of fused-ring (bicyclic) bond motifs is 1. The quantitative estimate of drug-likeness (QED) is 0.865. The molecular formula is C18H25N3O3S. The number of anilines is 1. The van der Waals surface area contributed by atoms with Crippen molar-refractivity contribution in [3.8, 4) is 0 Å². The van der Waals surface area contributed by atoms with Gasteiger partial charge in [-0.3, -0.25) is 4.90 Å². The Kier molecular flexibility index (Phi) is 5.29. The molecule has 3 rings (SSSR count). The van der Waals surface area contributed by atoms with Crippen LogP contribution in [0.5, 0.6) is 0 Å². The number of β-amino-alcohol motifs (C(OH)–C–C–N with tert-alkyl or cyclic N) is 1. The molecular weight excluding hydrogens is 338 g/mol. The van der Waals surface area contributed by atoms with Gasteiger partial charge in [-0.15, -0.1) is 0 Å². The maximum Gasteiger partial charge on any atom is 0.243 e. The highest BCUT2D eigenvalue weighted by Gasteiger charge is 2.29. The van der Waals surface area contributed by atoms with E-state index in [0.717, 1.165) is 16.5 Å². The van der Waals surface area contributed by atoms with Crippen LogP contribution in [0, 0.1) is 0 Å².